The molecule has 2 aromatic rings. The molecule has 4 heteroatoms. The molecule has 0 saturated heterocycles. The van der Waals surface area contributed by atoms with Gasteiger partial charge < -0.3 is 9.72 Å². The molecule has 1 N–H and O–H groups in total. The van der Waals surface area contributed by atoms with Crippen molar-refractivity contribution in [2.24, 2.45) is 0 Å². The van der Waals surface area contributed by atoms with Gasteiger partial charge in [0.2, 0.25) is 0 Å². The molecular formula is C14H20ClN3. The van der Waals surface area contributed by atoms with Crippen LogP contribution in [0.1, 0.15) is 32.4 Å². The van der Waals surface area contributed by atoms with Crippen LogP contribution in [0.15, 0.2) is 30.6 Å². The predicted octanol–water partition coefficient (Wildman–Crippen LogP) is 3.22. The van der Waals surface area contributed by atoms with Crippen molar-refractivity contribution in [2.75, 3.05) is 5.88 Å². The minimum Gasteiger partial charge on any atom is -0.307 e. The van der Waals surface area contributed by atoms with E-state index in [0.717, 1.165) is 30.7 Å². The van der Waals surface area contributed by atoms with Crippen molar-refractivity contribution in [3.05, 3.63) is 36.3 Å². The lowest BCUT2D eigenvalue weighted by molar-refractivity contribution is 0.333. The van der Waals surface area contributed by atoms with E-state index < -0.39 is 0 Å². The molecule has 2 aromatic heterocycles. The fraction of sp³-hybridized carbons (Fsp3) is 0.500. The van der Waals surface area contributed by atoms with Gasteiger partial charge in [0.05, 0.1) is 5.69 Å². The van der Waals surface area contributed by atoms with Crippen LogP contribution >= 0.6 is 11.6 Å². The van der Waals surface area contributed by atoms with Gasteiger partial charge in [-0.05, 0) is 25.0 Å². The summed E-state index contributed by atoms with van der Waals surface area (Å²) in [5.74, 6) is 0.632. The lowest BCUT2D eigenvalue weighted by atomic mass is 9.95. The number of rotatable bonds is 6. The van der Waals surface area contributed by atoms with Crippen LogP contribution in [-0.2, 0) is 6.54 Å². The lowest BCUT2D eigenvalue weighted by Crippen LogP contribution is -2.45. The van der Waals surface area contributed by atoms with Gasteiger partial charge in [-0.2, -0.15) is 0 Å². The van der Waals surface area contributed by atoms with E-state index in [1.54, 1.807) is 0 Å². The minimum atomic E-state index is 0.0252. The minimum absolute atomic E-state index is 0.0252. The molecule has 18 heavy (non-hydrogen) atoms. The molecule has 2 rings (SSSR count). The van der Waals surface area contributed by atoms with Crippen LogP contribution < -0.4 is 5.32 Å². The van der Waals surface area contributed by atoms with E-state index in [9.17, 15) is 0 Å². The summed E-state index contributed by atoms with van der Waals surface area (Å²) in [4.78, 5) is 4.58. The Morgan fingerprint density at radius 3 is 2.72 bits per heavy atom. The Bertz CT molecular complexity index is 461. The van der Waals surface area contributed by atoms with Crippen LogP contribution in [0.4, 0.5) is 0 Å². The van der Waals surface area contributed by atoms with Gasteiger partial charge in [0.15, 0.2) is 0 Å². The number of nitrogens with zero attached hydrogens (tertiary/aromatic N) is 2. The summed E-state index contributed by atoms with van der Waals surface area (Å²) >= 11 is 6.08. The molecule has 0 spiro atoms. The van der Waals surface area contributed by atoms with Gasteiger partial charge in [0.1, 0.15) is 5.65 Å². The zero-order valence-corrected chi connectivity index (χ0v) is 11.7. The second-order valence-corrected chi connectivity index (χ2v) is 4.94. The number of hydrogen-bond donors (Lipinski definition) is 1. The van der Waals surface area contributed by atoms with Crippen molar-refractivity contribution in [2.45, 2.75) is 38.8 Å². The summed E-state index contributed by atoms with van der Waals surface area (Å²) in [5.41, 5.74) is 2.06. The maximum atomic E-state index is 6.08. The van der Waals surface area contributed by atoms with E-state index in [0.29, 0.717) is 5.88 Å². The molecule has 0 aromatic carbocycles. The zero-order chi connectivity index (χ0) is 13.0. The summed E-state index contributed by atoms with van der Waals surface area (Å²) in [6.07, 6.45) is 6.13. The Kier molecular flexibility index (Phi) is 4.25. The number of aromatic nitrogens is 2. The summed E-state index contributed by atoms with van der Waals surface area (Å²) in [7, 11) is 0. The van der Waals surface area contributed by atoms with Gasteiger partial charge >= 0.3 is 0 Å². The van der Waals surface area contributed by atoms with Crippen LogP contribution in [0.3, 0.4) is 0 Å². The number of nitrogens with one attached hydrogen (secondary N) is 1. The fourth-order valence-electron chi connectivity index (χ4n) is 2.09. The predicted molar refractivity (Wildman–Crippen MR) is 76.1 cm³/mol. The van der Waals surface area contributed by atoms with Crippen LogP contribution in [0.2, 0.25) is 0 Å². The topological polar surface area (TPSA) is 29.3 Å². The molecule has 0 aliphatic heterocycles. The number of imidazole rings is 1. The number of alkyl halides is 1. The maximum absolute atomic E-state index is 6.08. The van der Waals surface area contributed by atoms with E-state index in [2.05, 4.69) is 30.3 Å². The third-order valence-electron chi connectivity index (χ3n) is 3.67. The van der Waals surface area contributed by atoms with Crippen LogP contribution in [0, 0.1) is 0 Å². The molecule has 0 saturated carbocycles. The SMILES string of the molecule is CCC(CC)(CCl)NCc1cn2ccccc2n1. The summed E-state index contributed by atoms with van der Waals surface area (Å²) in [6, 6.07) is 6.02. The van der Waals surface area contributed by atoms with E-state index in [1.807, 2.05) is 28.8 Å². The number of pyridine rings is 1. The quantitative estimate of drug-likeness (QED) is 0.813. The van der Waals surface area contributed by atoms with Crippen LogP contribution in [0.25, 0.3) is 5.65 Å². The van der Waals surface area contributed by atoms with Crippen molar-refractivity contribution in [3.63, 3.8) is 0 Å². The van der Waals surface area contributed by atoms with Crippen LogP contribution in [0.5, 0.6) is 0 Å². The first kappa shape index (κ1) is 13.4. The molecule has 0 amide bonds. The van der Waals surface area contributed by atoms with Gasteiger partial charge in [-0.15, -0.1) is 11.6 Å². The Morgan fingerprint density at radius 2 is 2.11 bits per heavy atom. The molecule has 0 fully saturated rings. The molecule has 0 atom stereocenters. The normalized spacial score (nSPS) is 12.2. The van der Waals surface area contributed by atoms with Crippen molar-refractivity contribution in [1.29, 1.82) is 0 Å². The molecule has 0 radical (unpaired) electrons. The van der Waals surface area contributed by atoms with E-state index >= 15 is 0 Å². The van der Waals surface area contributed by atoms with E-state index in [4.69, 9.17) is 11.6 Å². The highest BCUT2D eigenvalue weighted by Gasteiger charge is 2.24. The zero-order valence-electron chi connectivity index (χ0n) is 11.0. The van der Waals surface area contributed by atoms with Crippen molar-refractivity contribution < 1.29 is 0 Å². The molecule has 2 heterocycles. The largest absolute Gasteiger partial charge is 0.307 e. The Hall–Kier alpha value is -1.06. The Labute approximate surface area is 113 Å². The first-order chi connectivity index (χ1) is 8.73. The highest BCUT2D eigenvalue weighted by molar-refractivity contribution is 6.18. The molecule has 0 aliphatic rings. The first-order valence-corrected chi connectivity index (χ1v) is 7.00. The lowest BCUT2D eigenvalue weighted by Gasteiger charge is -2.30. The first-order valence-electron chi connectivity index (χ1n) is 6.46. The molecule has 0 aliphatic carbocycles. The smallest absolute Gasteiger partial charge is 0.137 e. The van der Waals surface area contributed by atoms with Gasteiger partial charge in [-0.1, -0.05) is 19.9 Å². The van der Waals surface area contributed by atoms with Crippen LogP contribution in [-0.4, -0.2) is 20.8 Å². The van der Waals surface area contributed by atoms with Gasteiger partial charge in [0.25, 0.3) is 0 Å². The Balaban J connectivity index is 2.09. The highest BCUT2D eigenvalue weighted by atomic mass is 35.5. The fourth-order valence-corrected chi connectivity index (χ4v) is 2.56. The second kappa shape index (κ2) is 5.72. The number of halogens is 1. The standard InChI is InChI=1S/C14H20ClN3/c1-3-14(4-2,11-15)16-9-12-10-18-8-6-5-7-13(18)17-12/h5-8,10,16H,3-4,9,11H2,1-2H3. The van der Waals surface area contributed by atoms with Gasteiger partial charge in [-0.25, -0.2) is 4.98 Å². The van der Waals surface area contributed by atoms with Gasteiger partial charge in [0, 0.05) is 30.4 Å². The van der Waals surface area contributed by atoms with Gasteiger partial charge in [-0.3, -0.25) is 0 Å². The summed E-state index contributed by atoms with van der Waals surface area (Å²) in [6.45, 7) is 5.10. The molecule has 98 valence electrons. The molecule has 0 unspecified atom stereocenters. The Morgan fingerprint density at radius 1 is 1.33 bits per heavy atom. The monoisotopic (exact) mass is 265 g/mol. The summed E-state index contributed by atoms with van der Waals surface area (Å²) < 4.78 is 2.04. The second-order valence-electron chi connectivity index (χ2n) is 4.67. The molecule has 0 bridgehead atoms. The average Bonchev–Trinajstić information content (AvgIpc) is 2.84. The van der Waals surface area contributed by atoms with Crippen molar-refractivity contribution >= 4 is 17.2 Å². The third kappa shape index (κ3) is 2.68. The van der Waals surface area contributed by atoms with Crippen molar-refractivity contribution in [3.8, 4) is 0 Å². The van der Waals surface area contributed by atoms with E-state index in [-0.39, 0.29) is 5.54 Å². The van der Waals surface area contributed by atoms with E-state index in [1.165, 1.54) is 0 Å². The molecular weight excluding hydrogens is 246 g/mol. The maximum Gasteiger partial charge on any atom is 0.137 e. The number of fused-ring (bicyclic) bond motifs is 1. The van der Waals surface area contributed by atoms with Crippen molar-refractivity contribution in [1.82, 2.24) is 14.7 Å². The average molecular weight is 266 g/mol. The number of hydrogen-bond acceptors (Lipinski definition) is 2. The third-order valence-corrected chi connectivity index (χ3v) is 4.18. The highest BCUT2D eigenvalue weighted by Crippen LogP contribution is 2.17. The molecule has 3 nitrogen and oxygen atoms in total. The summed E-state index contributed by atoms with van der Waals surface area (Å²) in [5, 5.41) is 3.55.